The lowest BCUT2D eigenvalue weighted by Crippen LogP contribution is -2.45. The molecule has 3 amide bonds. The Kier molecular flexibility index (Phi) is 7.60. The van der Waals surface area contributed by atoms with Crippen LogP contribution in [0, 0.1) is 11.8 Å². The van der Waals surface area contributed by atoms with E-state index in [-0.39, 0.29) is 11.9 Å². The number of carbonyl (C=O) groups excluding carboxylic acids is 3. The van der Waals surface area contributed by atoms with E-state index in [2.05, 4.69) is 15.6 Å². The minimum Gasteiger partial charge on any atom is -0.465 e. The lowest BCUT2D eigenvalue weighted by molar-refractivity contribution is -0.148. The minimum absolute atomic E-state index is 0.0710. The smallest absolute Gasteiger partial charge is 0.341 e. The summed E-state index contributed by atoms with van der Waals surface area (Å²) in [7, 11) is 0. The zero-order valence-electron chi connectivity index (χ0n) is 17.8. The van der Waals surface area contributed by atoms with E-state index in [4.69, 9.17) is 4.74 Å². The van der Waals surface area contributed by atoms with E-state index in [0.717, 1.165) is 18.4 Å². The van der Waals surface area contributed by atoms with E-state index >= 15 is 0 Å². The zero-order valence-corrected chi connectivity index (χ0v) is 17.8. The predicted molar refractivity (Wildman–Crippen MR) is 115 cm³/mol. The van der Waals surface area contributed by atoms with E-state index in [1.807, 2.05) is 19.1 Å². The number of esters is 1. The van der Waals surface area contributed by atoms with Crippen LogP contribution in [0.15, 0.2) is 29.3 Å². The van der Waals surface area contributed by atoms with Crippen LogP contribution in [0.2, 0.25) is 0 Å². The molecule has 1 aliphatic carbocycles. The lowest BCUT2D eigenvalue weighted by atomic mass is 9.86. The second-order valence-corrected chi connectivity index (χ2v) is 8.02. The summed E-state index contributed by atoms with van der Waals surface area (Å²) in [4.78, 5) is 40.8. The Morgan fingerprint density at radius 2 is 1.83 bits per heavy atom. The van der Waals surface area contributed by atoms with Crippen LogP contribution in [-0.4, -0.2) is 30.2 Å². The summed E-state index contributed by atoms with van der Waals surface area (Å²) < 4.78 is 5.70. The van der Waals surface area contributed by atoms with Gasteiger partial charge in [-0.25, -0.2) is 9.79 Å². The number of hydrogen-bond acceptors (Lipinski definition) is 4. The van der Waals surface area contributed by atoms with Gasteiger partial charge >= 0.3 is 12.0 Å². The first kappa shape index (κ1) is 22.0. The number of rotatable bonds is 7. The quantitative estimate of drug-likeness (QED) is 0.648. The number of urea groups is 1. The summed E-state index contributed by atoms with van der Waals surface area (Å²) in [6, 6.07) is 6.19. The molecular formula is C23H31N3O4. The van der Waals surface area contributed by atoms with Crippen molar-refractivity contribution in [1.82, 2.24) is 5.32 Å². The third-order valence-corrected chi connectivity index (χ3v) is 5.89. The van der Waals surface area contributed by atoms with Gasteiger partial charge in [-0.05, 0) is 42.9 Å². The Labute approximate surface area is 177 Å². The van der Waals surface area contributed by atoms with Crippen molar-refractivity contribution in [2.75, 3.05) is 11.9 Å². The van der Waals surface area contributed by atoms with Crippen molar-refractivity contribution in [1.29, 1.82) is 0 Å². The highest BCUT2D eigenvalue weighted by Gasteiger charge is 2.39. The molecule has 2 atom stereocenters. The number of anilines is 1. The lowest BCUT2D eigenvalue weighted by Gasteiger charge is -2.31. The van der Waals surface area contributed by atoms with Crippen molar-refractivity contribution in [2.24, 2.45) is 16.8 Å². The third kappa shape index (κ3) is 5.46. The molecule has 0 spiro atoms. The molecule has 1 saturated carbocycles. The first-order valence-corrected chi connectivity index (χ1v) is 11.0. The molecule has 2 N–H and O–H groups in total. The maximum Gasteiger partial charge on any atom is 0.341 e. The van der Waals surface area contributed by atoms with Crippen LogP contribution in [-0.2, 0) is 14.3 Å². The third-order valence-electron chi connectivity index (χ3n) is 5.89. The molecule has 1 aromatic rings. The molecule has 30 heavy (non-hydrogen) atoms. The van der Waals surface area contributed by atoms with Gasteiger partial charge in [0.2, 0.25) is 5.91 Å². The highest BCUT2D eigenvalue weighted by atomic mass is 16.5. The molecule has 0 radical (unpaired) electrons. The van der Waals surface area contributed by atoms with E-state index in [0.29, 0.717) is 36.8 Å². The van der Waals surface area contributed by atoms with Crippen molar-refractivity contribution in [3.8, 4) is 0 Å². The molecule has 3 rings (SSSR count). The van der Waals surface area contributed by atoms with Gasteiger partial charge in [-0.15, -0.1) is 0 Å². The largest absolute Gasteiger partial charge is 0.465 e. The van der Waals surface area contributed by atoms with Crippen molar-refractivity contribution in [3.05, 3.63) is 29.8 Å². The maximum absolute atomic E-state index is 13.0. The molecule has 1 aliphatic heterocycles. The van der Waals surface area contributed by atoms with E-state index in [1.165, 1.54) is 19.3 Å². The Hall–Kier alpha value is -2.70. The first-order valence-electron chi connectivity index (χ1n) is 11.0. The van der Waals surface area contributed by atoms with E-state index in [1.54, 1.807) is 19.1 Å². The number of carbonyl (C=O) groups is 3. The van der Waals surface area contributed by atoms with Crippen LogP contribution in [0.5, 0.6) is 0 Å². The molecule has 0 aromatic heterocycles. The molecular weight excluding hydrogens is 382 g/mol. The number of hydrogen-bond donors (Lipinski definition) is 2. The number of nitrogens with one attached hydrogen (secondary N) is 2. The van der Waals surface area contributed by atoms with Crippen molar-refractivity contribution in [3.63, 3.8) is 0 Å². The molecule has 1 fully saturated rings. The van der Waals surface area contributed by atoms with Gasteiger partial charge in [0.05, 0.1) is 12.6 Å². The van der Waals surface area contributed by atoms with Crippen LogP contribution >= 0.6 is 0 Å². The average molecular weight is 414 g/mol. The zero-order chi connectivity index (χ0) is 21.5. The minimum atomic E-state index is -0.646. The van der Waals surface area contributed by atoms with Crippen LogP contribution in [0.4, 0.5) is 10.5 Å². The van der Waals surface area contributed by atoms with Crippen molar-refractivity contribution in [2.45, 2.75) is 64.8 Å². The molecule has 0 bridgehead atoms. The predicted octanol–water partition coefficient (Wildman–Crippen LogP) is 4.39. The second-order valence-electron chi connectivity index (χ2n) is 8.02. The van der Waals surface area contributed by atoms with Gasteiger partial charge in [0.15, 0.2) is 0 Å². The van der Waals surface area contributed by atoms with Gasteiger partial charge in [0.1, 0.15) is 5.92 Å². The number of ether oxygens (including phenoxy) is 1. The number of nitrogens with zero attached hydrogens (tertiary/aromatic N) is 1. The SMILES string of the molecule is CCC(=O)Nc1ccc(C2NC(=O)N=C(CC)C2C(=O)OCC2CCCCC2)cc1. The van der Waals surface area contributed by atoms with Crippen LogP contribution in [0.25, 0.3) is 0 Å². The number of amides is 3. The Morgan fingerprint density at radius 3 is 2.47 bits per heavy atom. The molecule has 2 aliphatic rings. The average Bonchev–Trinajstić information content (AvgIpc) is 2.78. The summed E-state index contributed by atoms with van der Waals surface area (Å²) in [5, 5.41) is 5.62. The van der Waals surface area contributed by atoms with Crippen LogP contribution in [0.1, 0.15) is 70.4 Å². The first-order chi connectivity index (χ1) is 14.5. The summed E-state index contributed by atoms with van der Waals surface area (Å²) in [6.45, 7) is 4.10. The van der Waals surface area contributed by atoms with Crippen molar-refractivity contribution >= 4 is 29.3 Å². The molecule has 162 valence electrons. The molecule has 0 saturated heterocycles. The summed E-state index contributed by atoms with van der Waals surface area (Å²) in [5.41, 5.74) is 1.99. The van der Waals surface area contributed by atoms with Gasteiger partial charge in [-0.3, -0.25) is 9.59 Å². The van der Waals surface area contributed by atoms with Crippen LogP contribution < -0.4 is 10.6 Å². The summed E-state index contributed by atoms with van der Waals surface area (Å²) >= 11 is 0. The normalized spacial score (nSPS) is 22.1. The molecule has 1 aromatic carbocycles. The van der Waals surface area contributed by atoms with Gasteiger partial charge < -0.3 is 15.4 Å². The summed E-state index contributed by atoms with van der Waals surface area (Å²) in [5.74, 6) is -0.636. The Bertz CT molecular complexity index is 797. The van der Waals surface area contributed by atoms with Gasteiger partial charge in [-0.1, -0.05) is 45.2 Å². The monoisotopic (exact) mass is 413 g/mol. The Balaban J connectivity index is 1.76. The molecule has 1 heterocycles. The summed E-state index contributed by atoms with van der Waals surface area (Å²) in [6.07, 6.45) is 6.71. The fourth-order valence-electron chi connectivity index (χ4n) is 4.15. The molecule has 7 heteroatoms. The van der Waals surface area contributed by atoms with Crippen molar-refractivity contribution < 1.29 is 19.1 Å². The topological polar surface area (TPSA) is 96.9 Å². The molecule has 2 unspecified atom stereocenters. The second kappa shape index (κ2) is 10.4. The maximum atomic E-state index is 13.0. The number of benzene rings is 1. The standard InChI is InChI=1S/C23H31N3O4/c1-3-18-20(22(28)30-14-15-8-6-5-7-9-15)21(26-23(29)25-18)16-10-12-17(13-11-16)24-19(27)4-2/h10-13,15,20-21H,3-9,14H2,1-2H3,(H,24,27)(H,26,29). The fraction of sp³-hybridized carbons (Fsp3) is 0.565. The highest BCUT2D eigenvalue weighted by Crippen LogP contribution is 2.31. The van der Waals surface area contributed by atoms with Crippen LogP contribution in [0.3, 0.4) is 0 Å². The number of aliphatic imine (C=N–C) groups is 1. The van der Waals surface area contributed by atoms with Gasteiger partial charge in [-0.2, -0.15) is 0 Å². The van der Waals surface area contributed by atoms with Gasteiger partial charge in [0.25, 0.3) is 0 Å². The molecule has 7 nitrogen and oxygen atoms in total. The fourth-order valence-corrected chi connectivity index (χ4v) is 4.15. The Morgan fingerprint density at radius 1 is 1.13 bits per heavy atom. The van der Waals surface area contributed by atoms with E-state index < -0.39 is 18.0 Å². The highest BCUT2D eigenvalue weighted by molar-refractivity contribution is 6.09. The van der Waals surface area contributed by atoms with Gasteiger partial charge in [0, 0.05) is 17.8 Å². The van der Waals surface area contributed by atoms with E-state index in [9.17, 15) is 14.4 Å².